The average molecular weight is 286 g/mol. The van der Waals surface area contributed by atoms with Gasteiger partial charge in [-0.2, -0.15) is 0 Å². The quantitative estimate of drug-likeness (QED) is 0.690. The summed E-state index contributed by atoms with van der Waals surface area (Å²) in [5.74, 6) is 0. The number of nitrogen functional groups attached to an aromatic ring is 1. The molecule has 0 atom stereocenters. The molecule has 0 saturated carbocycles. The lowest BCUT2D eigenvalue weighted by molar-refractivity contribution is 1.47. The average Bonchev–Trinajstić information content (AvgIpc) is 2.69. The van der Waals surface area contributed by atoms with Gasteiger partial charge in [0.15, 0.2) is 5.13 Å². The van der Waals surface area contributed by atoms with Crippen LogP contribution >= 0.6 is 38.6 Å². The number of hydrogen-bond donors (Lipinski definition) is 1. The van der Waals surface area contributed by atoms with E-state index in [0.29, 0.717) is 5.13 Å². The Kier molecular flexibility index (Phi) is 1.77. The fourth-order valence-electron chi connectivity index (χ4n) is 1.38. The molecular weight excluding hydrogens is 282 g/mol. The van der Waals surface area contributed by atoms with Crippen molar-refractivity contribution in [1.29, 1.82) is 0 Å². The van der Waals surface area contributed by atoms with E-state index in [1.165, 1.54) is 11.3 Å². The van der Waals surface area contributed by atoms with Gasteiger partial charge in [0.05, 0.1) is 25.9 Å². The maximum atomic E-state index is 5.68. The molecule has 2 aromatic heterocycles. The smallest absolute Gasteiger partial charge is 0.181 e. The van der Waals surface area contributed by atoms with Gasteiger partial charge in [-0.05, 0) is 22.0 Å². The fraction of sp³-hybridized carbons (Fsp3) is 0. The normalized spacial score (nSPS) is 11.5. The summed E-state index contributed by atoms with van der Waals surface area (Å²) in [6, 6.07) is 1.96. The molecule has 0 spiro atoms. The van der Waals surface area contributed by atoms with Gasteiger partial charge in [-0.15, -0.1) is 11.3 Å². The summed E-state index contributed by atoms with van der Waals surface area (Å²) in [4.78, 5) is 8.54. The molecule has 2 N–H and O–H groups in total. The zero-order valence-electron chi connectivity index (χ0n) is 6.82. The van der Waals surface area contributed by atoms with Gasteiger partial charge in [0, 0.05) is 4.47 Å². The number of nitrogens with two attached hydrogens (primary N) is 1. The topological polar surface area (TPSA) is 51.8 Å². The molecule has 3 aromatic rings. The molecule has 0 fully saturated rings. The molecule has 6 heteroatoms. The van der Waals surface area contributed by atoms with E-state index in [1.54, 1.807) is 11.3 Å². The molecule has 2 heterocycles. The van der Waals surface area contributed by atoms with Crippen LogP contribution in [0.1, 0.15) is 0 Å². The van der Waals surface area contributed by atoms with Crippen LogP contribution in [-0.4, -0.2) is 9.97 Å². The minimum Gasteiger partial charge on any atom is -0.375 e. The van der Waals surface area contributed by atoms with Gasteiger partial charge >= 0.3 is 0 Å². The van der Waals surface area contributed by atoms with Gasteiger partial charge < -0.3 is 5.73 Å². The third-order valence-corrected chi connectivity index (χ3v) is 4.43. The summed E-state index contributed by atoms with van der Waals surface area (Å²) in [5.41, 5.74) is 9.45. The fourth-order valence-corrected chi connectivity index (χ4v) is 3.79. The molecule has 0 saturated heterocycles. The number of nitrogens with zero attached hydrogens (tertiary/aromatic N) is 2. The molecule has 0 unspecified atom stereocenters. The predicted molar refractivity (Wildman–Crippen MR) is 64.9 cm³/mol. The molecular formula is C8H4BrN3S2. The van der Waals surface area contributed by atoms with Crippen LogP contribution in [0.4, 0.5) is 5.13 Å². The van der Waals surface area contributed by atoms with Gasteiger partial charge in [0.25, 0.3) is 0 Å². The SMILES string of the molecule is Nc1nc2cc(Br)c3ncsc3c2s1. The summed E-state index contributed by atoms with van der Waals surface area (Å²) >= 11 is 6.60. The first-order valence-electron chi connectivity index (χ1n) is 3.83. The highest BCUT2D eigenvalue weighted by Crippen LogP contribution is 2.37. The van der Waals surface area contributed by atoms with Crippen LogP contribution in [0.15, 0.2) is 16.0 Å². The number of hydrogen-bond acceptors (Lipinski definition) is 5. The molecule has 0 aliphatic heterocycles. The minimum absolute atomic E-state index is 0.604. The third kappa shape index (κ3) is 1.08. The lowest BCUT2D eigenvalue weighted by atomic mass is 10.3. The van der Waals surface area contributed by atoms with Crippen LogP contribution in [0.5, 0.6) is 0 Å². The first-order valence-corrected chi connectivity index (χ1v) is 6.32. The van der Waals surface area contributed by atoms with Crippen LogP contribution in [0.3, 0.4) is 0 Å². The second-order valence-corrected chi connectivity index (χ2v) is 5.53. The summed E-state index contributed by atoms with van der Waals surface area (Å²) in [6.07, 6.45) is 0. The molecule has 1 aromatic carbocycles. The van der Waals surface area contributed by atoms with E-state index < -0.39 is 0 Å². The lowest BCUT2D eigenvalue weighted by Crippen LogP contribution is -1.79. The Bertz CT molecular complexity index is 628. The van der Waals surface area contributed by atoms with Crippen molar-refractivity contribution in [2.75, 3.05) is 5.73 Å². The van der Waals surface area contributed by atoms with Gasteiger partial charge in [-0.25, -0.2) is 9.97 Å². The summed E-state index contributed by atoms with van der Waals surface area (Å²) in [6.45, 7) is 0. The Morgan fingerprint density at radius 3 is 3.07 bits per heavy atom. The van der Waals surface area contributed by atoms with Gasteiger partial charge in [-0.3, -0.25) is 0 Å². The molecule has 0 radical (unpaired) electrons. The Balaban J connectivity index is 2.64. The molecule has 3 rings (SSSR count). The van der Waals surface area contributed by atoms with Gasteiger partial charge in [0.2, 0.25) is 0 Å². The Morgan fingerprint density at radius 1 is 1.36 bits per heavy atom. The molecule has 3 nitrogen and oxygen atoms in total. The van der Waals surface area contributed by atoms with Crippen LogP contribution in [0.2, 0.25) is 0 Å². The predicted octanol–water partition coefficient (Wildman–Crippen LogP) is 3.25. The molecule has 0 bridgehead atoms. The number of halogens is 1. The Hall–Kier alpha value is -0.720. The van der Waals surface area contributed by atoms with E-state index >= 15 is 0 Å². The van der Waals surface area contributed by atoms with E-state index in [-0.39, 0.29) is 0 Å². The van der Waals surface area contributed by atoms with Crippen molar-refractivity contribution in [3.63, 3.8) is 0 Å². The van der Waals surface area contributed by atoms with E-state index in [2.05, 4.69) is 25.9 Å². The highest BCUT2D eigenvalue weighted by atomic mass is 79.9. The van der Waals surface area contributed by atoms with E-state index in [1.807, 2.05) is 11.6 Å². The van der Waals surface area contributed by atoms with E-state index in [9.17, 15) is 0 Å². The number of aromatic nitrogens is 2. The summed E-state index contributed by atoms with van der Waals surface area (Å²) < 4.78 is 3.26. The number of thiazole rings is 2. The van der Waals surface area contributed by atoms with Gasteiger partial charge in [0.1, 0.15) is 0 Å². The first-order chi connectivity index (χ1) is 6.75. The van der Waals surface area contributed by atoms with Crippen molar-refractivity contribution in [3.8, 4) is 0 Å². The van der Waals surface area contributed by atoms with Crippen LogP contribution in [-0.2, 0) is 0 Å². The lowest BCUT2D eigenvalue weighted by Gasteiger charge is -1.92. The highest BCUT2D eigenvalue weighted by molar-refractivity contribution is 9.10. The van der Waals surface area contributed by atoms with Crippen molar-refractivity contribution in [1.82, 2.24) is 9.97 Å². The Labute approximate surface area is 95.7 Å². The first kappa shape index (κ1) is 8.58. The Morgan fingerprint density at radius 2 is 2.21 bits per heavy atom. The second-order valence-electron chi connectivity index (χ2n) is 2.79. The van der Waals surface area contributed by atoms with Gasteiger partial charge in [-0.1, -0.05) is 11.3 Å². The van der Waals surface area contributed by atoms with Crippen molar-refractivity contribution < 1.29 is 0 Å². The van der Waals surface area contributed by atoms with Crippen LogP contribution < -0.4 is 5.73 Å². The molecule has 0 amide bonds. The van der Waals surface area contributed by atoms with Crippen molar-refractivity contribution in [2.24, 2.45) is 0 Å². The second kappa shape index (κ2) is 2.88. The maximum absolute atomic E-state index is 5.68. The monoisotopic (exact) mass is 285 g/mol. The maximum Gasteiger partial charge on any atom is 0.181 e. The zero-order chi connectivity index (χ0) is 9.71. The molecule has 0 aliphatic rings. The zero-order valence-corrected chi connectivity index (χ0v) is 10.0. The highest BCUT2D eigenvalue weighted by Gasteiger charge is 2.10. The summed E-state index contributed by atoms with van der Waals surface area (Å²) in [5, 5.41) is 0.604. The number of fused-ring (bicyclic) bond motifs is 3. The van der Waals surface area contributed by atoms with Crippen LogP contribution in [0.25, 0.3) is 20.4 Å². The third-order valence-electron chi connectivity index (χ3n) is 1.93. The van der Waals surface area contributed by atoms with Crippen molar-refractivity contribution in [2.45, 2.75) is 0 Å². The van der Waals surface area contributed by atoms with E-state index in [4.69, 9.17) is 5.73 Å². The summed E-state index contributed by atoms with van der Waals surface area (Å²) in [7, 11) is 0. The molecule has 14 heavy (non-hydrogen) atoms. The number of anilines is 1. The number of rotatable bonds is 0. The van der Waals surface area contributed by atoms with Crippen LogP contribution in [0, 0.1) is 0 Å². The largest absolute Gasteiger partial charge is 0.375 e. The molecule has 70 valence electrons. The minimum atomic E-state index is 0.604. The molecule has 0 aliphatic carbocycles. The standard InChI is InChI=1S/C8H4BrN3S2/c9-3-1-4-6(14-8(10)12-4)7-5(3)11-2-13-7/h1-2H,(H2,10,12). The van der Waals surface area contributed by atoms with E-state index in [0.717, 1.165) is 24.9 Å². The van der Waals surface area contributed by atoms with Crippen molar-refractivity contribution in [3.05, 3.63) is 16.0 Å². The van der Waals surface area contributed by atoms with Crippen molar-refractivity contribution >= 4 is 64.2 Å². The number of benzene rings is 1.